The van der Waals surface area contributed by atoms with Crippen LogP contribution in [0.1, 0.15) is 38.4 Å². The molecule has 4 rings (SSSR count). The van der Waals surface area contributed by atoms with Gasteiger partial charge in [-0.25, -0.2) is 0 Å². The Kier molecular flexibility index (Phi) is 7.41. The second-order valence-corrected chi connectivity index (χ2v) is 9.13. The highest BCUT2D eigenvalue weighted by Crippen LogP contribution is 2.25. The Bertz CT molecular complexity index is 822. The van der Waals surface area contributed by atoms with E-state index in [1.165, 1.54) is 31.0 Å². The molecule has 162 valence electrons. The molecule has 1 aliphatic carbocycles. The maximum atomic E-state index is 12.6. The van der Waals surface area contributed by atoms with E-state index in [-0.39, 0.29) is 5.91 Å². The van der Waals surface area contributed by atoms with E-state index in [1.54, 1.807) is 0 Å². The van der Waals surface area contributed by atoms with Crippen molar-refractivity contribution in [2.75, 3.05) is 32.1 Å². The van der Waals surface area contributed by atoms with Crippen LogP contribution in [-0.4, -0.2) is 63.7 Å². The Morgan fingerprint density at radius 1 is 1.17 bits per heavy atom. The second kappa shape index (κ2) is 10.4. The van der Waals surface area contributed by atoms with Crippen LogP contribution >= 0.6 is 11.8 Å². The summed E-state index contributed by atoms with van der Waals surface area (Å²) in [7, 11) is 0. The zero-order valence-electron chi connectivity index (χ0n) is 17.6. The average molecular weight is 430 g/mol. The average Bonchev–Trinajstić information content (AvgIpc) is 3.17. The zero-order chi connectivity index (χ0) is 20.8. The Balaban J connectivity index is 1.44. The molecule has 2 heterocycles. The fourth-order valence-corrected chi connectivity index (χ4v) is 4.98. The molecule has 2 fully saturated rings. The van der Waals surface area contributed by atoms with Gasteiger partial charge in [0, 0.05) is 24.8 Å². The van der Waals surface area contributed by atoms with Crippen LogP contribution in [0, 0.1) is 5.92 Å². The van der Waals surface area contributed by atoms with Crippen molar-refractivity contribution in [2.24, 2.45) is 5.92 Å². The van der Waals surface area contributed by atoms with E-state index >= 15 is 0 Å². The van der Waals surface area contributed by atoms with Gasteiger partial charge in [0.05, 0.1) is 25.5 Å². The minimum Gasteiger partial charge on any atom is -0.379 e. The summed E-state index contributed by atoms with van der Waals surface area (Å²) in [6.07, 6.45) is 4.76. The fraction of sp³-hybridized carbons (Fsp3) is 0.591. The van der Waals surface area contributed by atoms with Crippen LogP contribution in [0.15, 0.2) is 35.5 Å². The molecule has 7 nitrogen and oxygen atoms in total. The number of nitrogens with one attached hydrogen (secondary N) is 1. The lowest BCUT2D eigenvalue weighted by Gasteiger charge is -2.29. The molecule has 1 N–H and O–H groups in total. The predicted octanol–water partition coefficient (Wildman–Crippen LogP) is 2.89. The Labute approximate surface area is 182 Å². The summed E-state index contributed by atoms with van der Waals surface area (Å²) in [6, 6.07) is 10.4. The van der Waals surface area contributed by atoms with E-state index in [2.05, 4.69) is 44.0 Å². The van der Waals surface area contributed by atoms with Gasteiger partial charge in [0.25, 0.3) is 0 Å². The van der Waals surface area contributed by atoms with Gasteiger partial charge in [0.1, 0.15) is 0 Å². The highest BCUT2D eigenvalue weighted by molar-refractivity contribution is 7.99. The number of amides is 1. The number of carbonyl (C=O) groups is 1. The molecule has 1 aromatic heterocycles. The monoisotopic (exact) mass is 429 g/mol. The first kappa shape index (κ1) is 21.3. The normalized spacial score (nSPS) is 22.7. The van der Waals surface area contributed by atoms with Gasteiger partial charge < -0.3 is 10.1 Å². The van der Waals surface area contributed by atoms with Crippen molar-refractivity contribution in [1.82, 2.24) is 25.0 Å². The second-order valence-electron chi connectivity index (χ2n) is 8.18. The van der Waals surface area contributed by atoms with Crippen molar-refractivity contribution >= 4 is 17.7 Å². The number of ether oxygens (including phenoxy) is 1. The predicted molar refractivity (Wildman–Crippen MR) is 118 cm³/mol. The topological polar surface area (TPSA) is 72.3 Å². The van der Waals surface area contributed by atoms with Gasteiger partial charge in [-0.1, -0.05) is 49.7 Å². The molecule has 2 aromatic rings. The van der Waals surface area contributed by atoms with Crippen molar-refractivity contribution in [1.29, 1.82) is 0 Å². The molecule has 0 radical (unpaired) electrons. The Morgan fingerprint density at radius 2 is 1.93 bits per heavy atom. The van der Waals surface area contributed by atoms with Crippen molar-refractivity contribution in [2.45, 2.75) is 50.4 Å². The van der Waals surface area contributed by atoms with Crippen molar-refractivity contribution < 1.29 is 9.53 Å². The van der Waals surface area contributed by atoms with Crippen molar-refractivity contribution in [3.63, 3.8) is 0 Å². The number of para-hydroxylation sites is 1. The molecule has 2 aliphatic rings. The molecule has 30 heavy (non-hydrogen) atoms. The summed E-state index contributed by atoms with van der Waals surface area (Å²) < 4.78 is 7.54. The van der Waals surface area contributed by atoms with Crippen LogP contribution in [0.3, 0.4) is 0 Å². The number of aromatic nitrogens is 3. The van der Waals surface area contributed by atoms with Gasteiger partial charge in [0.2, 0.25) is 5.91 Å². The third-order valence-electron chi connectivity index (χ3n) is 5.97. The van der Waals surface area contributed by atoms with Crippen molar-refractivity contribution in [3.8, 4) is 5.69 Å². The third kappa shape index (κ3) is 5.42. The summed E-state index contributed by atoms with van der Waals surface area (Å²) in [4.78, 5) is 14.9. The van der Waals surface area contributed by atoms with Crippen LogP contribution in [0.25, 0.3) is 5.69 Å². The number of hydrogen-bond donors (Lipinski definition) is 1. The van der Waals surface area contributed by atoms with E-state index in [1.807, 2.05) is 18.2 Å². The SMILES string of the molecule is C[C@H]1CCCC[C@@H]1NC(=O)CSc1nnc(CN2CCOCC2)n1-c1ccccc1. The van der Waals surface area contributed by atoms with Gasteiger partial charge in [-0.2, -0.15) is 0 Å². The van der Waals surface area contributed by atoms with Gasteiger partial charge in [-0.05, 0) is 30.9 Å². The third-order valence-corrected chi connectivity index (χ3v) is 6.90. The highest BCUT2D eigenvalue weighted by Gasteiger charge is 2.24. The molecule has 1 aliphatic heterocycles. The van der Waals surface area contributed by atoms with Crippen LogP contribution in [0.2, 0.25) is 0 Å². The standard InChI is InChI=1S/C22H31N5O2S/c1-17-7-5-6-10-19(17)23-21(28)16-30-22-25-24-20(15-26-11-13-29-14-12-26)27(22)18-8-3-2-4-9-18/h2-4,8-9,17,19H,5-7,10-16H2,1H3,(H,23,28)/t17-,19-/m0/s1. The highest BCUT2D eigenvalue weighted by atomic mass is 32.2. The van der Waals surface area contributed by atoms with E-state index in [4.69, 9.17) is 4.74 Å². The molecule has 0 unspecified atom stereocenters. The molecule has 0 bridgehead atoms. The molecule has 1 saturated carbocycles. The summed E-state index contributed by atoms with van der Waals surface area (Å²) in [6.45, 7) is 6.25. The molecule has 1 aromatic carbocycles. The van der Waals surface area contributed by atoms with E-state index < -0.39 is 0 Å². The van der Waals surface area contributed by atoms with Gasteiger partial charge in [-0.3, -0.25) is 14.3 Å². The maximum Gasteiger partial charge on any atom is 0.230 e. The van der Waals surface area contributed by atoms with Gasteiger partial charge in [0.15, 0.2) is 11.0 Å². The first-order valence-electron chi connectivity index (χ1n) is 10.9. The van der Waals surface area contributed by atoms with Gasteiger partial charge >= 0.3 is 0 Å². The summed E-state index contributed by atoms with van der Waals surface area (Å²) in [5.41, 5.74) is 1.02. The lowest BCUT2D eigenvalue weighted by atomic mass is 9.86. The van der Waals surface area contributed by atoms with Crippen LogP contribution in [0.5, 0.6) is 0 Å². The first-order chi connectivity index (χ1) is 14.7. The number of benzene rings is 1. The summed E-state index contributed by atoms with van der Waals surface area (Å²) >= 11 is 1.46. The molecular weight excluding hydrogens is 398 g/mol. The lowest BCUT2D eigenvalue weighted by molar-refractivity contribution is -0.119. The van der Waals surface area contributed by atoms with Crippen LogP contribution < -0.4 is 5.32 Å². The summed E-state index contributed by atoms with van der Waals surface area (Å²) in [5, 5.41) is 12.9. The number of thioether (sulfide) groups is 1. The van der Waals surface area contributed by atoms with Crippen LogP contribution in [-0.2, 0) is 16.1 Å². The Hall–Kier alpha value is -1.90. The molecule has 2 atom stereocenters. The first-order valence-corrected chi connectivity index (χ1v) is 11.9. The number of rotatable bonds is 7. The molecule has 8 heteroatoms. The molecule has 1 amide bonds. The zero-order valence-corrected chi connectivity index (χ0v) is 18.4. The maximum absolute atomic E-state index is 12.6. The van der Waals surface area contributed by atoms with E-state index in [9.17, 15) is 4.79 Å². The largest absolute Gasteiger partial charge is 0.379 e. The number of nitrogens with zero attached hydrogens (tertiary/aromatic N) is 4. The molecule has 1 saturated heterocycles. The number of carbonyl (C=O) groups excluding carboxylic acids is 1. The quantitative estimate of drug-likeness (QED) is 0.683. The lowest BCUT2D eigenvalue weighted by Crippen LogP contribution is -2.41. The van der Waals surface area contributed by atoms with Crippen molar-refractivity contribution in [3.05, 3.63) is 36.2 Å². The molecule has 0 spiro atoms. The van der Waals surface area contributed by atoms with E-state index in [0.717, 1.165) is 55.9 Å². The Morgan fingerprint density at radius 3 is 2.70 bits per heavy atom. The number of morpholine rings is 1. The smallest absolute Gasteiger partial charge is 0.230 e. The molecular formula is C22H31N5O2S. The van der Waals surface area contributed by atoms with E-state index in [0.29, 0.717) is 17.7 Å². The van der Waals surface area contributed by atoms with Gasteiger partial charge in [-0.15, -0.1) is 10.2 Å². The minimum absolute atomic E-state index is 0.0797. The van der Waals surface area contributed by atoms with Crippen LogP contribution in [0.4, 0.5) is 0 Å². The number of hydrogen-bond acceptors (Lipinski definition) is 6. The summed E-state index contributed by atoms with van der Waals surface area (Å²) in [5.74, 6) is 1.88. The fourth-order valence-electron chi connectivity index (χ4n) is 4.20. The minimum atomic E-state index is 0.0797.